The van der Waals surface area contributed by atoms with Crippen molar-refractivity contribution in [2.24, 2.45) is 4.99 Å². The molecule has 2 N–H and O–H groups in total. The minimum atomic E-state index is -4.66. The SMILES string of the molecule is C=N/C=C(\C=C(/C)c1ccc2[nH]nc(C(=O)Nc3cnc(C(F)(F)F)nc3)c2c1)CN1CCCC1. The van der Waals surface area contributed by atoms with Crippen LogP contribution in [0.3, 0.4) is 0 Å². The van der Waals surface area contributed by atoms with Crippen molar-refractivity contribution in [3.63, 3.8) is 0 Å². The maximum atomic E-state index is 12.8. The highest BCUT2D eigenvalue weighted by molar-refractivity contribution is 6.11. The van der Waals surface area contributed by atoms with E-state index in [9.17, 15) is 18.0 Å². The summed E-state index contributed by atoms with van der Waals surface area (Å²) in [5, 5.41) is 9.96. The van der Waals surface area contributed by atoms with Crippen molar-refractivity contribution in [2.75, 3.05) is 25.0 Å². The first-order valence-electron chi connectivity index (χ1n) is 11.0. The van der Waals surface area contributed by atoms with Gasteiger partial charge in [-0.15, -0.1) is 0 Å². The Bertz CT molecular complexity index is 1290. The van der Waals surface area contributed by atoms with Crippen molar-refractivity contribution in [1.29, 1.82) is 0 Å². The van der Waals surface area contributed by atoms with Crippen molar-refractivity contribution in [2.45, 2.75) is 25.9 Å². The van der Waals surface area contributed by atoms with Crippen LogP contribution in [-0.2, 0) is 6.18 Å². The van der Waals surface area contributed by atoms with Crippen molar-refractivity contribution < 1.29 is 18.0 Å². The summed E-state index contributed by atoms with van der Waals surface area (Å²) in [6.45, 7) is 8.45. The van der Waals surface area contributed by atoms with E-state index >= 15 is 0 Å². The van der Waals surface area contributed by atoms with Crippen LogP contribution in [-0.4, -0.2) is 57.3 Å². The maximum absolute atomic E-state index is 12.8. The van der Waals surface area contributed by atoms with E-state index in [4.69, 9.17) is 0 Å². The minimum absolute atomic E-state index is 0.0278. The molecule has 0 bridgehead atoms. The number of aromatic nitrogens is 4. The number of hydrogen-bond donors (Lipinski definition) is 2. The van der Waals surface area contributed by atoms with Crippen LogP contribution in [0.4, 0.5) is 18.9 Å². The molecule has 0 spiro atoms. The number of rotatable bonds is 7. The van der Waals surface area contributed by atoms with E-state index in [1.54, 1.807) is 6.20 Å². The number of halogens is 3. The van der Waals surface area contributed by atoms with E-state index in [2.05, 4.69) is 42.1 Å². The molecule has 0 aliphatic carbocycles. The third-order valence-corrected chi connectivity index (χ3v) is 5.66. The van der Waals surface area contributed by atoms with Crippen LogP contribution in [0.1, 0.15) is 41.6 Å². The Labute approximate surface area is 199 Å². The number of carbonyl (C=O) groups excluding carboxylic acids is 1. The summed E-state index contributed by atoms with van der Waals surface area (Å²) in [5.41, 5.74) is 3.69. The predicted octanol–water partition coefficient (Wildman–Crippen LogP) is 4.71. The van der Waals surface area contributed by atoms with E-state index in [1.165, 1.54) is 12.8 Å². The first-order valence-corrected chi connectivity index (χ1v) is 11.0. The molecule has 1 aliphatic heterocycles. The molecule has 11 heteroatoms. The number of nitrogens with zero attached hydrogens (tertiary/aromatic N) is 5. The lowest BCUT2D eigenvalue weighted by atomic mass is 10.0. The molecule has 0 unspecified atom stereocenters. The number of anilines is 1. The number of allylic oxidation sites excluding steroid dienone is 1. The summed E-state index contributed by atoms with van der Waals surface area (Å²) in [4.78, 5) is 25.6. The van der Waals surface area contributed by atoms with Crippen molar-refractivity contribution in [3.8, 4) is 0 Å². The molecule has 3 heterocycles. The van der Waals surface area contributed by atoms with E-state index in [1.807, 2.05) is 31.2 Å². The van der Waals surface area contributed by atoms with Gasteiger partial charge in [-0.2, -0.15) is 18.3 Å². The highest BCUT2D eigenvalue weighted by Gasteiger charge is 2.34. The molecule has 1 saturated heterocycles. The number of amides is 1. The summed E-state index contributed by atoms with van der Waals surface area (Å²) in [6, 6.07) is 5.59. The van der Waals surface area contributed by atoms with Gasteiger partial charge in [-0.25, -0.2) is 9.97 Å². The molecule has 35 heavy (non-hydrogen) atoms. The zero-order valence-corrected chi connectivity index (χ0v) is 19.1. The number of benzene rings is 1. The molecule has 1 aliphatic rings. The Balaban J connectivity index is 1.55. The van der Waals surface area contributed by atoms with E-state index in [-0.39, 0.29) is 11.4 Å². The number of nitrogens with one attached hydrogen (secondary N) is 2. The second kappa shape index (κ2) is 10.2. The molecule has 0 atom stereocenters. The quantitative estimate of drug-likeness (QED) is 0.375. The van der Waals surface area contributed by atoms with E-state index < -0.39 is 17.9 Å². The molecule has 182 valence electrons. The van der Waals surface area contributed by atoms with Gasteiger partial charge in [-0.3, -0.25) is 19.8 Å². The average molecular weight is 483 g/mol. The highest BCUT2D eigenvalue weighted by Crippen LogP contribution is 2.27. The van der Waals surface area contributed by atoms with Gasteiger partial charge in [0.15, 0.2) is 5.69 Å². The van der Waals surface area contributed by atoms with Crippen molar-refractivity contribution >= 4 is 34.8 Å². The lowest BCUT2D eigenvalue weighted by Gasteiger charge is -2.15. The zero-order chi connectivity index (χ0) is 25.0. The molecular weight excluding hydrogens is 459 g/mol. The van der Waals surface area contributed by atoms with E-state index in [0.717, 1.165) is 48.7 Å². The van der Waals surface area contributed by atoms with Crippen LogP contribution >= 0.6 is 0 Å². The standard InChI is InChI=1S/C24H24F3N7O/c1-15(9-16(11-28-2)14-34-7-3-4-8-34)17-5-6-20-19(10-17)21(33-32-20)22(35)31-18-12-29-23(30-13-18)24(25,26)27/h5-6,9-13H,2-4,7-8,14H2,1H3,(H,31,35)(H,32,33)/b15-9+,16-11+. The van der Waals surface area contributed by atoms with Gasteiger partial charge in [0.25, 0.3) is 5.91 Å². The highest BCUT2D eigenvalue weighted by atomic mass is 19.4. The van der Waals surface area contributed by atoms with Gasteiger partial charge in [-0.1, -0.05) is 12.1 Å². The van der Waals surface area contributed by atoms with Crippen LogP contribution < -0.4 is 5.32 Å². The topological polar surface area (TPSA) is 99.2 Å². The third-order valence-electron chi connectivity index (χ3n) is 5.66. The first-order chi connectivity index (χ1) is 16.7. The lowest BCUT2D eigenvalue weighted by molar-refractivity contribution is -0.144. The predicted molar refractivity (Wildman–Crippen MR) is 128 cm³/mol. The van der Waals surface area contributed by atoms with Gasteiger partial charge in [0.05, 0.1) is 23.6 Å². The fourth-order valence-electron chi connectivity index (χ4n) is 3.96. The molecule has 8 nitrogen and oxygen atoms in total. The number of likely N-dealkylation sites (tertiary alicyclic amines) is 1. The average Bonchev–Trinajstić information content (AvgIpc) is 3.48. The second-order valence-corrected chi connectivity index (χ2v) is 8.28. The second-order valence-electron chi connectivity index (χ2n) is 8.28. The number of aliphatic imine (C=N–C) groups is 1. The Morgan fingerprint density at radius 3 is 2.63 bits per heavy atom. The maximum Gasteiger partial charge on any atom is 0.451 e. The Morgan fingerprint density at radius 2 is 1.97 bits per heavy atom. The Kier molecular flexibility index (Phi) is 7.06. The number of hydrogen-bond acceptors (Lipinski definition) is 6. The van der Waals surface area contributed by atoms with E-state index in [0.29, 0.717) is 10.9 Å². The van der Waals surface area contributed by atoms with Gasteiger partial charge in [0.1, 0.15) is 0 Å². The van der Waals surface area contributed by atoms with Gasteiger partial charge in [0, 0.05) is 18.1 Å². The van der Waals surface area contributed by atoms with Gasteiger partial charge >= 0.3 is 6.18 Å². The molecule has 2 aromatic heterocycles. The van der Waals surface area contributed by atoms with Crippen molar-refractivity contribution in [1.82, 2.24) is 25.1 Å². The number of carbonyl (C=O) groups is 1. The van der Waals surface area contributed by atoms with Gasteiger partial charge in [-0.05, 0) is 68.4 Å². The van der Waals surface area contributed by atoms with Crippen LogP contribution in [0.5, 0.6) is 0 Å². The van der Waals surface area contributed by atoms with Crippen LogP contribution in [0, 0.1) is 0 Å². The summed E-state index contributed by atoms with van der Waals surface area (Å²) in [7, 11) is 0. The van der Waals surface area contributed by atoms with Crippen LogP contribution in [0.15, 0.2) is 53.4 Å². The number of fused-ring (bicyclic) bond motifs is 1. The summed E-state index contributed by atoms with van der Waals surface area (Å²) in [5.74, 6) is -1.87. The smallest absolute Gasteiger partial charge is 0.318 e. The largest absolute Gasteiger partial charge is 0.451 e. The normalized spacial score (nSPS) is 15.5. The lowest BCUT2D eigenvalue weighted by Crippen LogP contribution is -2.21. The molecule has 4 rings (SSSR count). The molecule has 3 aromatic rings. The minimum Gasteiger partial charge on any atom is -0.318 e. The summed E-state index contributed by atoms with van der Waals surface area (Å²) in [6.07, 6.45) is 3.34. The van der Waals surface area contributed by atoms with Gasteiger partial charge < -0.3 is 5.32 Å². The zero-order valence-electron chi connectivity index (χ0n) is 19.1. The third kappa shape index (κ3) is 5.80. The first kappa shape index (κ1) is 24.3. The fourth-order valence-corrected chi connectivity index (χ4v) is 3.96. The molecular formula is C24H24F3N7O. The van der Waals surface area contributed by atoms with Crippen LogP contribution in [0.25, 0.3) is 16.5 Å². The number of aromatic amines is 1. The molecule has 1 amide bonds. The number of H-pyrrole nitrogens is 1. The van der Waals surface area contributed by atoms with Crippen LogP contribution in [0.2, 0.25) is 0 Å². The monoisotopic (exact) mass is 483 g/mol. The van der Waals surface area contributed by atoms with Gasteiger partial charge in [0.2, 0.25) is 5.82 Å². The fraction of sp³-hybridized carbons (Fsp3) is 0.292. The van der Waals surface area contributed by atoms with Crippen molar-refractivity contribution in [3.05, 3.63) is 65.5 Å². The summed E-state index contributed by atoms with van der Waals surface area (Å²) >= 11 is 0. The molecule has 1 aromatic carbocycles. The Morgan fingerprint density at radius 1 is 1.26 bits per heavy atom. The molecule has 0 saturated carbocycles. The summed E-state index contributed by atoms with van der Waals surface area (Å²) < 4.78 is 38.0. The Hall–Kier alpha value is -3.86. The number of alkyl halides is 3. The molecule has 0 radical (unpaired) electrons. The molecule has 1 fully saturated rings.